The molecule has 11 nitrogen and oxygen atoms in total. The molecule has 0 aliphatic rings. The quantitative estimate of drug-likeness (QED) is 0.0987. The van der Waals surface area contributed by atoms with Crippen LogP contribution in [0.5, 0.6) is 0 Å². The lowest BCUT2D eigenvalue weighted by Gasteiger charge is -2.12. The van der Waals surface area contributed by atoms with Gasteiger partial charge in [-0.3, -0.25) is 14.6 Å². The van der Waals surface area contributed by atoms with Crippen LogP contribution in [0.2, 0.25) is 0 Å². The van der Waals surface area contributed by atoms with Crippen molar-refractivity contribution in [1.82, 2.24) is 15.0 Å². The highest BCUT2D eigenvalue weighted by Crippen LogP contribution is 2.32. The van der Waals surface area contributed by atoms with Crippen molar-refractivity contribution in [2.45, 2.75) is 19.3 Å². The molecule has 0 saturated carbocycles. The Balaban J connectivity index is 0.000000189. The molecule has 8 rings (SSSR count). The molecule has 3 heterocycles. The maximum Gasteiger partial charge on any atom is 0.416 e. The number of hydrogen-bond acceptors (Lipinski definition) is 9. The van der Waals surface area contributed by atoms with E-state index in [0.29, 0.717) is 34.3 Å². The first-order valence-electron chi connectivity index (χ1n) is 18.8. The fourth-order valence-electron chi connectivity index (χ4n) is 5.87. The molecule has 318 valence electrons. The number of oxazole rings is 2. The number of pyridine rings is 1. The predicted molar refractivity (Wildman–Crippen MR) is 225 cm³/mol. The number of carbonyl (C=O) groups is 2. The number of alkyl halides is 6. The third kappa shape index (κ3) is 11.3. The van der Waals surface area contributed by atoms with Gasteiger partial charge in [0.1, 0.15) is 0 Å². The molecule has 17 heteroatoms. The number of benzene rings is 5. The first-order chi connectivity index (χ1) is 30.2. The molecule has 63 heavy (non-hydrogen) atoms. The van der Waals surface area contributed by atoms with Crippen LogP contribution in [0.3, 0.4) is 0 Å². The summed E-state index contributed by atoms with van der Waals surface area (Å²) in [4.78, 5) is 37.3. The van der Waals surface area contributed by atoms with Crippen molar-refractivity contribution in [3.63, 3.8) is 0 Å². The Morgan fingerprint density at radius 1 is 0.524 bits per heavy atom. The standard InChI is InChI=1S/C24H18F3N3O2.C22H15F3N4O2/c1-15-10-11-19(29-22(31)17-8-5-9-18(12-17)24(25,26)27)13-20(15)30-23-28-14-21(32-23)16-6-3-2-4-7-16;23-22(24,25)16-6-1-4-14(10-16)20(30)28-17-7-2-8-18(11-17)29-21-27-13-19(31-21)15-5-3-9-26-12-15/h2-14H,1H3,(H,28,30)(H,29,31);1-13H,(H,27,29)(H,28,30). The number of amides is 2. The average molecular weight is 862 g/mol. The first kappa shape index (κ1) is 42.9. The zero-order chi connectivity index (χ0) is 44.6. The van der Waals surface area contributed by atoms with Crippen LogP contribution in [-0.2, 0) is 12.4 Å². The maximum absolute atomic E-state index is 12.9. The van der Waals surface area contributed by atoms with E-state index in [1.807, 2.05) is 43.3 Å². The van der Waals surface area contributed by atoms with Gasteiger partial charge in [-0.25, -0.2) is 9.97 Å². The van der Waals surface area contributed by atoms with Gasteiger partial charge in [-0.05, 0) is 91.3 Å². The van der Waals surface area contributed by atoms with Crippen molar-refractivity contribution in [3.05, 3.63) is 186 Å². The van der Waals surface area contributed by atoms with E-state index in [1.165, 1.54) is 24.3 Å². The lowest BCUT2D eigenvalue weighted by molar-refractivity contribution is -0.138. The Bertz CT molecular complexity index is 2850. The zero-order valence-electron chi connectivity index (χ0n) is 32.8. The van der Waals surface area contributed by atoms with Gasteiger partial charge in [0, 0.05) is 57.4 Å². The lowest BCUT2D eigenvalue weighted by Crippen LogP contribution is -2.14. The van der Waals surface area contributed by atoms with E-state index in [0.717, 1.165) is 41.0 Å². The van der Waals surface area contributed by atoms with Crippen molar-refractivity contribution in [2.75, 3.05) is 21.3 Å². The highest BCUT2D eigenvalue weighted by Gasteiger charge is 2.32. The Morgan fingerprint density at radius 3 is 1.65 bits per heavy atom. The van der Waals surface area contributed by atoms with E-state index in [9.17, 15) is 35.9 Å². The molecule has 0 fully saturated rings. The Hall–Kier alpha value is -8.21. The van der Waals surface area contributed by atoms with Gasteiger partial charge in [-0.2, -0.15) is 26.3 Å². The van der Waals surface area contributed by atoms with Crippen LogP contribution in [0.1, 0.15) is 37.4 Å². The second-order valence-corrected chi connectivity index (χ2v) is 13.6. The van der Waals surface area contributed by atoms with E-state index < -0.39 is 35.3 Å². The molecule has 0 bridgehead atoms. The second-order valence-electron chi connectivity index (χ2n) is 13.6. The molecule has 2 amide bonds. The summed E-state index contributed by atoms with van der Waals surface area (Å²) in [5.41, 5.74) is 2.57. The molecular weight excluding hydrogens is 829 g/mol. The number of carbonyl (C=O) groups excluding carboxylic acids is 2. The van der Waals surface area contributed by atoms with Crippen molar-refractivity contribution in [2.24, 2.45) is 0 Å². The monoisotopic (exact) mass is 861 g/mol. The molecule has 5 aromatic carbocycles. The summed E-state index contributed by atoms with van der Waals surface area (Å²) in [7, 11) is 0. The molecule has 0 aliphatic carbocycles. The van der Waals surface area contributed by atoms with E-state index in [-0.39, 0.29) is 23.2 Å². The summed E-state index contributed by atoms with van der Waals surface area (Å²) >= 11 is 0. The van der Waals surface area contributed by atoms with E-state index >= 15 is 0 Å². The van der Waals surface area contributed by atoms with Crippen LogP contribution >= 0.6 is 0 Å². The summed E-state index contributed by atoms with van der Waals surface area (Å²) in [6.07, 6.45) is -2.59. The topological polar surface area (TPSA) is 147 Å². The Morgan fingerprint density at radius 2 is 1.06 bits per heavy atom. The van der Waals surface area contributed by atoms with E-state index in [4.69, 9.17) is 8.83 Å². The molecule has 3 aromatic heterocycles. The van der Waals surface area contributed by atoms with Crippen LogP contribution in [0.4, 0.5) is 61.1 Å². The van der Waals surface area contributed by atoms with Crippen molar-refractivity contribution < 1.29 is 44.8 Å². The van der Waals surface area contributed by atoms with Gasteiger partial charge in [0.15, 0.2) is 11.5 Å². The fraction of sp³-hybridized carbons (Fsp3) is 0.0652. The summed E-state index contributed by atoms with van der Waals surface area (Å²) in [6.45, 7) is 1.86. The second kappa shape index (κ2) is 18.6. The fourth-order valence-corrected chi connectivity index (χ4v) is 5.87. The smallest absolute Gasteiger partial charge is 0.416 e. The van der Waals surface area contributed by atoms with Gasteiger partial charge < -0.3 is 30.1 Å². The number of anilines is 6. The van der Waals surface area contributed by atoms with Gasteiger partial charge in [0.25, 0.3) is 23.8 Å². The van der Waals surface area contributed by atoms with E-state index in [1.54, 1.807) is 73.3 Å². The highest BCUT2D eigenvalue weighted by molar-refractivity contribution is 6.05. The first-order valence-corrected chi connectivity index (χ1v) is 18.8. The number of rotatable bonds is 10. The normalized spacial score (nSPS) is 11.2. The van der Waals surface area contributed by atoms with Crippen molar-refractivity contribution >= 4 is 46.6 Å². The third-order valence-corrected chi connectivity index (χ3v) is 9.03. The molecule has 4 N–H and O–H groups in total. The van der Waals surface area contributed by atoms with Crippen LogP contribution in [0.25, 0.3) is 22.6 Å². The molecule has 0 aliphatic heterocycles. The summed E-state index contributed by atoms with van der Waals surface area (Å²) < 4.78 is 88.8. The Kier molecular flexibility index (Phi) is 12.7. The van der Waals surface area contributed by atoms with Gasteiger partial charge in [0.2, 0.25) is 0 Å². The number of hydrogen-bond donors (Lipinski definition) is 4. The third-order valence-electron chi connectivity index (χ3n) is 9.03. The highest BCUT2D eigenvalue weighted by atomic mass is 19.4. The number of aryl methyl sites for hydroxylation is 1. The minimum absolute atomic E-state index is 0.0879. The average Bonchev–Trinajstić information content (AvgIpc) is 3.95. The lowest BCUT2D eigenvalue weighted by atomic mass is 10.1. The maximum atomic E-state index is 12.9. The number of halogens is 6. The van der Waals surface area contributed by atoms with E-state index in [2.05, 4.69) is 36.2 Å². The van der Waals surface area contributed by atoms with Gasteiger partial charge in [-0.15, -0.1) is 0 Å². The number of aromatic nitrogens is 3. The molecule has 0 radical (unpaired) electrons. The summed E-state index contributed by atoms with van der Waals surface area (Å²) in [5.74, 6) is -0.170. The molecular formula is C46H33F6N7O4. The van der Waals surface area contributed by atoms with Crippen LogP contribution < -0.4 is 21.3 Å². The molecule has 0 saturated heterocycles. The van der Waals surface area contributed by atoms with Gasteiger partial charge in [-0.1, -0.05) is 54.6 Å². The summed E-state index contributed by atoms with van der Waals surface area (Å²) in [5, 5.41) is 11.3. The molecule has 8 aromatic rings. The molecule has 0 unspecified atom stereocenters. The van der Waals surface area contributed by atoms with Gasteiger partial charge >= 0.3 is 12.4 Å². The van der Waals surface area contributed by atoms with Crippen LogP contribution in [-0.4, -0.2) is 26.8 Å². The zero-order valence-corrected chi connectivity index (χ0v) is 32.8. The number of nitrogens with zero attached hydrogens (tertiary/aromatic N) is 3. The SMILES string of the molecule is Cc1ccc(NC(=O)c2cccc(C(F)(F)F)c2)cc1Nc1ncc(-c2ccccc2)o1.O=C(Nc1cccc(Nc2ncc(-c3cccnc3)o2)c1)c1cccc(C(F)(F)F)c1. The summed E-state index contributed by atoms with van der Waals surface area (Å²) in [6, 6.07) is 33.9. The van der Waals surface area contributed by atoms with Crippen LogP contribution in [0, 0.1) is 6.92 Å². The van der Waals surface area contributed by atoms with Crippen molar-refractivity contribution in [1.29, 1.82) is 0 Å². The van der Waals surface area contributed by atoms with Crippen LogP contribution in [0.15, 0.2) is 167 Å². The molecule has 0 atom stereocenters. The predicted octanol–water partition coefficient (Wildman–Crippen LogP) is 12.4. The van der Waals surface area contributed by atoms with Crippen molar-refractivity contribution in [3.8, 4) is 22.6 Å². The Labute approximate surface area is 354 Å². The molecule has 0 spiro atoms. The minimum atomic E-state index is -4.52. The van der Waals surface area contributed by atoms with Gasteiger partial charge in [0.05, 0.1) is 23.5 Å². The largest absolute Gasteiger partial charge is 0.423 e. The minimum Gasteiger partial charge on any atom is -0.423 e. The number of nitrogens with one attached hydrogen (secondary N) is 4.